The average Bonchev–Trinajstić information content (AvgIpc) is 3.32. The van der Waals surface area contributed by atoms with E-state index in [2.05, 4.69) is 4.98 Å². The zero-order chi connectivity index (χ0) is 24.8. The number of piperidine rings is 1. The van der Waals surface area contributed by atoms with Gasteiger partial charge >= 0.3 is 6.18 Å². The number of thiazole rings is 1. The fourth-order valence-corrected chi connectivity index (χ4v) is 5.92. The number of hydrogen-bond acceptors (Lipinski definition) is 6. The van der Waals surface area contributed by atoms with Crippen LogP contribution in [0, 0.1) is 30.6 Å². The van der Waals surface area contributed by atoms with Crippen LogP contribution in [0.2, 0.25) is 0 Å². The molecule has 1 spiro atoms. The summed E-state index contributed by atoms with van der Waals surface area (Å²) in [5, 5.41) is 9.79. The molecule has 0 saturated carbocycles. The van der Waals surface area contributed by atoms with Gasteiger partial charge in [-0.05, 0) is 56.7 Å². The number of aromatic nitrogens is 1. The van der Waals surface area contributed by atoms with E-state index in [1.54, 1.807) is 17.9 Å². The van der Waals surface area contributed by atoms with Crippen LogP contribution in [-0.2, 0) is 11.0 Å². The van der Waals surface area contributed by atoms with Gasteiger partial charge in [0, 0.05) is 25.3 Å². The smallest absolute Gasteiger partial charge is 0.371 e. The maximum atomic E-state index is 13.4. The fraction of sp³-hybridized carbons (Fsp3) is 0.478. The molecule has 34 heavy (non-hydrogen) atoms. The Kier molecular flexibility index (Phi) is 6.06. The molecule has 2 fully saturated rings. The number of halogens is 3. The molecular weight excluding hydrogens is 467 g/mol. The molecule has 7 nitrogen and oxygen atoms in total. The SMILES string of the molecule is Cc1nc(C)c(C(=O)N2CC3(CCN(c4ccc(C#N)c(C(F)(F)F)c4)CC3)CC2C(N)=O)s1. The molecule has 3 heterocycles. The van der Waals surface area contributed by atoms with Gasteiger partial charge in [0.05, 0.1) is 27.9 Å². The van der Waals surface area contributed by atoms with E-state index in [-0.39, 0.29) is 11.3 Å². The molecule has 2 aliphatic rings. The molecule has 11 heteroatoms. The summed E-state index contributed by atoms with van der Waals surface area (Å²) in [6.07, 6.45) is -2.99. The molecule has 2 aromatic rings. The number of amides is 2. The number of hydrogen-bond donors (Lipinski definition) is 1. The first kappa shape index (κ1) is 24.0. The Morgan fingerprint density at radius 3 is 2.47 bits per heavy atom. The minimum absolute atomic E-state index is 0.256. The van der Waals surface area contributed by atoms with E-state index in [9.17, 15) is 22.8 Å². The van der Waals surface area contributed by atoms with Gasteiger partial charge in [-0.2, -0.15) is 18.4 Å². The molecule has 0 radical (unpaired) electrons. The van der Waals surface area contributed by atoms with Gasteiger partial charge in [0.15, 0.2) is 0 Å². The van der Waals surface area contributed by atoms with Crippen LogP contribution in [-0.4, -0.2) is 47.4 Å². The van der Waals surface area contributed by atoms with Gasteiger partial charge in [0.25, 0.3) is 5.91 Å². The zero-order valence-corrected chi connectivity index (χ0v) is 19.6. The van der Waals surface area contributed by atoms with E-state index in [1.807, 2.05) is 11.8 Å². The number of nitriles is 1. The first-order chi connectivity index (χ1) is 15.9. The van der Waals surface area contributed by atoms with E-state index in [0.717, 1.165) is 11.1 Å². The van der Waals surface area contributed by atoms with Gasteiger partial charge in [-0.15, -0.1) is 11.3 Å². The van der Waals surface area contributed by atoms with Crippen molar-refractivity contribution in [2.24, 2.45) is 11.1 Å². The van der Waals surface area contributed by atoms with E-state index >= 15 is 0 Å². The second-order valence-electron chi connectivity index (χ2n) is 9.03. The standard InChI is InChI=1S/C23H24F3N5O2S/c1-13-19(34-14(2)29-13)21(33)31-12-22(10-18(31)20(28)32)5-7-30(8-6-22)16-4-3-15(11-27)17(9-16)23(24,25)26/h3-4,9,18H,5-8,10,12H2,1-2H3,(H2,28,32). The zero-order valence-electron chi connectivity index (χ0n) is 18.8. The molecule has 180 valence electrons. The number of rotatable bonds is 3. The van der Waals surface area contributed by atoms with Crippen molar-refractivity contribution >= 4 is 28.8 Å². The summed E-state index contributed by atoms with van der Waals surface area (Å²) in [5.74, 6) is -0.818. The number of nitrogens with zero attached hydrogens (tertiary/aromatic N) is 4. The van der Waals surface area contributed by atoms with E-state index in [4.69, 9.17) is 11.0 Å². The third-order valence-corrected chi connectivity index (χ3v) is 7.87. The monoisotopic (exact) mass is 491 g/mol. The van der Waals surface area contributed by atoms with Crippen molar-refractivity contribution in [3.05, 3.63) is 44.9 Å². The molecule has 0 bridgehead atoms. The highest BCUT2D eigenvalue weighted by atomic mass is 32.1. The minimum Gasteiger partial charge on any atom is -0.371 e. The van der Waals surface area contributed by atoms with Gasteiger partial charge in [0.1, 0.15) is 10.9 Å². The molecule has 0 aliphatic carbocycles. The van der Waals surface area contributed by atoms with Crippen LogP contribution < -0.4 is 10.6 Å². The lowest BCUT2D eigenvalue weighted by Crippen LogP contribution is -2.44. The third kappa shape index (κ3) is 4.34. The topological polar surface area (TPSA) is 103 Å². The highest BCUT2D eigenvalue weighted by molar-refractivity contribution is 7.13. The molecule has 2 N–H and O–H groups in total. The number of carbonyl (C=O) groups is 2. The number of nitrogens with two attached hydrogens (primary N) is 1. The van der Waals surface area contributed by atoms with Crippen LogP contribution in [0.4, 0.5) is 18.9 Å². The number of aryl methyl sites for hydroxylation is 2. The number of likely N-dealkylation sites (tertiary alicyclic amines) is 1. The van der Waals surface area contributed by atoms with Gasteiger partial charge in [-0.25, -0.2) is 4.98 Å². The van der Waals surface area contributed by atoms with Crippen LogP contribution >= 0.6 is 11.3 Å². The highest BCUT2D eigenvalue weighted by Gasteiger charge is 2.50. The lowest BCUT2D eigenvalue weighted by Gasteiger charge is -2.40. The molecule has 1 unspecified atom stereocenters. The van der Waals surface area contributed by atoms with E-state index < -0.39 is 29.3 Å². The second-order valence-corrected chi connectivity index (χ2v) is 10.2. The molecule has 2 amide bonds. The summed E-state index contributed by atoms with van der Waals surface area (Å²) >= 11 is 1.28. The summed E-state index contributed by atoms with van der Waals surface area (Å²) in [6, 6.07) is 4.61. The van der Waals surface area contributed by atoms with Crippen molar-refractivity contribution in [3.63, 3.8) is 0 Å². The number of primary amides is 1. The van der Waals surface area contributed by atoms with Crippen LogP contribution in [0.15, 0.2) is 18.2 Å². The van der Waals surface area contributed by atoms with Crippen molar-refractivity contribution in [3.8, 4) is 6.07 Å². The summed E-state index contributed by atoms with van der Waals surface area (Å²) in [7, 11) is 0. The average molecular weight is 492 g/mol. The first-order valence-corrected chi connectivity index (χ1v) is 11.7. The molecule has 1 atom stereocenters. The van der Waals surface area contributed by atoms with Gasteiger partial charge in [0.2, 0.25) is 5.91 Å². The molecule has 1 aromatic carbocycles. The van der Waals surface area contributed by atoms with Crippen LogP contribution in [0.1, 0.15) is 50.8 Å². The van der Waals surface area contributed by atoms with E-state index in [1.165, 1.54) is 23.5 Å². The molecule has 4 rings (SSSR count). The normalized spacial score (nSPS) is 19.9. The Morgan fingerprint density at radius 2 is 1.94 bits per heavy atom. The van der Waals surface area contributed by atoms with Crippen molar-refractivity contribution in [1.82, 2.24) is 9.88 Å². The van der Waals surface area contributed by atoms with Crippen molar-refractivity contribution in [2.75, 3.05) is 24.5 Å². The maximum absolute atomic E-state index is 13.4. The molecular formula is C23H24F3N5O2S. The molecule has 2 saturated heterocycles. The highest BCUT2D eigenvalue weighted by Crippen LogP contribution is 2.45. The van der Waals surface area contributed by atoms with Crippen LogP contribution in [0.25, 0.3) is 0 Å². The van der Waals surface area contributed by atoms with Crippen LogP contribution in [0.3, 0.4) is 0 Å². The predicted octanol–water partition coefficient (Wildman–Crippen LogP) is 3.64. The largest absolute Gasteiger partial charge is 0.417 e. The fourth-order valence-electron chi connectivity index (χ4n) is 5.05. The molecule has 1 aromatic heterocycles. The van der Waals surface area contributed by atoms with Crippen LogP contribution in [0.5, 0.6) is 0 Å². The summed E-state index contributed by atoms with van der Waals surface area (Å²) in [4.78, 5) is 33.7. The summed E-state index contributed by atoms with van der Waals surface area (Å²) in [5.41, 5.74) is 4.97. The predicted molar refractivity (Wildman–Crippen MR) is 120 cm³/mol. The Labute approximate surface area is 199 Å². The third-order valence-electron chi connectivity index (χ3n) is 6.81. The maximum Gasteiger partial charge on any atom is 0.417 e. The quantitative estimate of drug-likeness (QED) is 0.706. The van der Waals surface area contributed by atoms with E-state index in [0.29, 0.717) is 55.2 Å². The summed E-state index contributed by atoms with van der Waals surface area (Å²) in [6.45, 7) is 4.87. The number of anilines is 1. The number of carbonyl (C=O) groups excluding carboxylic acids is 2. The Bertz CT molecular complexity index is 1180. The van der Waals surface area contributed by atoms with Gasteiger partial charge < -0.3 is 15.5 Å². The van der Waals surface area contributed by atoms with Crippen molar-refractivity contribution in [2.45, 2.75) is 45.3 Å². The second kappa shape index (κ2) is 8.58. The Hall–Kier alpha value is -3.13. The Balaban J connectivity index is 1.53. The van der Waals surface area contributed by atoms with Crippen molar-refractivity contribution in [1.29, 1.82) is 5.26 Å². The first-order valence-electron chi connectivity index (χ1n) is 10.8. The van der Waals surface area contributed by atoms with Gasteiger partial charge in [-0.3, -0.25) is 9.59 Å². The summed E-state index contributed by atoms with van der Waals surface area (Å²) < 4.78 is 40.1. The Morgan fingerprint density at radius 1 is 1.26 bits per heavy atom. The lowest BCUT2D eigenvalue weighted by atomic mass is 9.76. The minimum atomic E-state index is -4.62. The van der Waals surface area contributed by atoms with Gasteiger partial charge in [-0.1, -0.05) is 0 Å². The number of benzene rings is 1. The lowest BCUT2D eigenvalue weighted by molar-refractivity contribution is -0.137. The molecule has 2 aliphatic heterocycles. The van der Waals surface area contributed by atoms with Crippen molar-refractivity contribution < 1.29 is 22.8 Å². The number of alkyl halides is 3.